The molecule has 0 unspecified atom stereocenters. The maximum atomic E-state index is 14.2. The van der Waals surface area contributed by atoms with Crippen molar-refractivity contribution >= 4 is 48.0 Å². The highest BCUT2D eigenvalue weighted by atomic mass is 32.2. The molecule has 11 heterocycles. The fourth-order valence-corrected chi connectivity index (χ4v) is 22.3. The van der Waals surface area contributed by atoms with Crippen LogP contribution in [0.15, 0.2) is 51.1 Å². The second-order valence-corrected chi connectivity index (χ2v) is 33.1. The van der Waals surface area contributed by atoms with E-state index in [-0.39, 0.29) is 80.9 Å². The topological polar surface area (TPSA) is 362 Å². The van der Waals surface area contributed by atoms with Gasteiger partial charge in [-0.25, -0.2) is 44.8 Å². The van der Waals surface area contributed by atoms with Gasteiger partial charge < -0.3 is 85.3 Å². The van der Waals surface area contributed by atoms with Crippen LogP contribution in [0.1, 0.15) is 150 Å². The molecule has 11 aliphatic heterocycles. The number of sulfonamides is 3. The third kappa shape index (κ3) is 12.3. The molecule has 11 aliphatic rings. The van der Waals surface area contributed by atoms with Crippen LogP contribution in [0, 0.1) is 0 Å². The van der Waals surface area contributed by atoms with Gasteiger partial charge in [-0.05, 0) is 101 Å². The Morgan fingerprint density at radius 1 is 0.351 bits per heavy atom. The zero-order chi connectivity index (χ0) is 78.6. The molecule has 6 atom stereocenters. The number of methoxy groups -OCH3 is 9. The molecule has 2 N–H and O–H groups in total. The number of benzene rings is 6. The number of nitrogens with zero attached hydrogens (tertiary/aromatic N) is 5. The highest BCUT2D eigenvalue weighted by Crippen LogP contribution is 2.63. The molecule has 596 valence electrons. The summed E-state index contributed by atoms with van der Waals surface area (Å²) in [6, 6.07) is 8.77. The molecule has 0 amide bonds. The van der Waals surface area contributed by atoms with E-state index in [9.17, 15) is 39.6 Å². The molecular formula is C75H86N6O27S3. The van der Waals surface area contributed by atoms with Crippen molar-refractivity contribution in [1.29, 1.82) is 0 Å². The maximum Gasteiger partial charge on any atom is 0.343 e. The number of hydrogen-bond acceptors (Lipinski definition) is 30. The highest BCUT2D eigenvalue weighted by molar-refractivity contribution is 7.90. The average molecular weight is 1600 g/mol. The second-order valence-electron chi connectivity index (χ2n) is 27.9. The lowest BCUT2D eigenvalue weighted by atomic mass is 9.85. The van der Waals surface area contributed by atoms with Crippen molar-refractivity contribution in [3.63, 3.8) is 0 Å². The van der Waals surface area contributed by atoms with E-state index in [1.54, 1.807) is 36.4 Å². The van der Waals surface area contributed by atoms with Gasteiger partial charge in [0, 0.05) is 79.2 Å². The van der Waals surface area contributed by atoms with Crippen molar-refractivity contribution in [2.24, 2.45) is 5.14 Å². The van der Waals surface area contributed by atoms with Crippen LogP contribution in [0.25, 0.3) is 0 Å². The number of esters is 3. The monoisotopic (exact) mass is 1600 g/mol. The number of ether oxygens (including phenoxy) is 18. The normalized spacial score (nSPS) is 22.2. The molecule has 17 rings (SSSR count). The van der Waals surface area contributed by atoms with Gasteiger partial charge in [0.15, 0.2) is 69.0 Å². The zero-order valence-corrected chi connectivity index (χ0v) is 65.7. The summed E-state index contributed by atoms with van der Waals surface area (Å²) in [5.41, 5.74) is 6.11. The van der Waals surface area contributed by atoms with Crippen molar-refractivity contribution in [2.75, 3.05) is 151 Å². The summed E-state index contributed by atoms with van der Waals surface area (Å²) >= 11 is 0. The van der Waals surface area contributed by atoms with Gasteiger partial charge in [-0.15, -0.1) is 0 Å². The van der Waals surface area contributed by atoms with Crippen LogP contribution in [0.5, 0.6) is 86.2 Å². The highest BCUT2D eigenvalue weighted by Gasteiger charge is 2.54. The van der Waals surface area contributed by atoms with Crippen LogP contribution in [0.3, 0.4) is 0 Å². The molecule has 33 nitrogen and oxygen atoms in total. The molecule has 6 aromatic rings. The fourth-order valence-electron chi connectivity index (χ4n) is 17.5. The predicted molar refractivity (Wildman–Crippen MR) is 390 cm³/mol. The Morgan fingerprint density at radius 2 is 0.622 bits per heavy atom. The van der Waals surface area contributed by atoms with Crippen LogP contribution < -0.4 is 76.2 Å². The van der Waals surface area contributed by atoms with Gasteiger partial charge in [-0.2, -0.15) is 8.61 Å². The van der Waals surface area contributed by atoms with Crippen molar-refractivity contribution < 1.29 is 125 Å². The summed E-state index contributed by atoms with van der Waals surface area (Å²) < 4.78 is 187. The number of cyclic esters (lactones) is 3. The lowest BCUT2D eigenvalue weighted by molar-refractivity contribution is 0.00789. The summed E-state index contributed by atoms with van der Waals surface area (Å²) in [4.78, 5) is 45.5. The van der Waals surface area contributed by atoms with Gasteiger partial charge in [0.25, 0.3) is 0 Å². The van der Waals surface area contributed by atoms with Gasteiger partial charge in [0.2, 0.25) is 67.7 Å². The van der Waals surface area contributed by atoms with E-state index in [1.807, 2.05) is 35.8 Å². The lowest BCUT2D eigenvalue weighted by Crippen LogP contribution is -2.39. The number of carbonyl (C=O) groups is 3. The SMILES string of the molecule is COc1ccc2c(c1OC)C(=O)O[C@@H]2[C@H]1c2c(c(S(=O)(=O)N3CCCC3)c3c(c2OC)OCO3)CCN1C.COc1ccc2c(c1OC)C(=O)O[C@@H]2[C@H]1c2c(c(S(=O)(=O)N3CCCCC3)c3c(c2OC)OCO3)CCN1C.COc1ccc2c(c1OC)C(=O)O[C@@H]2[C@H]1c2c(c(S(N)(=O)=O)c3c(c2OC)OCO3)CCN1C. The van der Waals surface area contributed by atoms with E-state index in [0.717, 1.165) is 32.1 Å². The standard InChI is InChI=1S/C27H32N2O9S.C26H30N2O9S.C22H24N2O9S/c1-28-13-10-16-18(20(28)21-15-8-9-17(33-2)22(34-3)19(15)27(30)38-21)23(35-4)24-25(37-14-36-24)26(16)39(31,32)29-11-6-5-7-12-29;1-27-12-9-15-17(19(27)20-14-7-8-16(32-2)21(33-3)18(14)26(29)37-20)22(34-4)23-24(36-13-35-23)25(15)38(30,31)28-10-5-6-11-28;1-24-8-7-11-13(18(30-4)19-20(32-9-31-19)21(11)34(23,26)27)15(24)16-10-5-6-12(28-2)17(29-3)14(10)22(25)33-16/h8-9,20-21H,5-7,10-14H2,1-4H3;7-8,19-20H,5-6,9-13H2,1-4H3;5-6,15-16H,7-9H2,1-4H3,(H2,23,26,27)/t20-,21+;19-,20+;15-,16+/m111/s1. The number of hydrogen-bond donors (Lipinski definition) is 1. The van der Waals surface area contributed by atoms with E-state index in [1.165, 1.54) is 72.6 Å². The van der Waals surface area contributed by atoms with Crippen molar-refractivity contribution in [1.82, 2.24) is 23.3 Å². The molecule has 0 spiro atoms. The van der Waals surface area contributed by atoms with Crippen LogP contribution in [0.2, 0.25) is 0 Å². The Bertz CT molecular complexity index is 5170. The van der Waals surface area contributed by atoms with Crippen molar-refractivity contribution in [3.05, 3.63) is 103 Å². The first kappa shape index (κ1) is 76.7. The van der Waals surface area contributed by atoms with Gasteiger partial charge in [0.1, 0.15) is 49.7 Å². The number of nitrogens with two attached hydrogens (primary N) is 1. The Hall–Kier alpha value is -9.66. The third-order valence-electron chi connectivity index (χ3n) is 22.4. The number of rotatable bonds is 17. The molecule has 0 aliphatic carbocycles. The molecule has 2 saturated heterocycles. The first-order valence-corrected chi connectivity index (χ1v) is 40.4. The van der Waals surface area contributed by atoms with E-state index < -0.39 is 84.4 Å². The first-order valence-electron chi connectivity index (χ1n) is 36.0. The zero-order valence-electron chi connectivity index (χ0n) is 63.2. The second kappa shape index (κ2) is 29.8. The molecule has 111 heavy (non-hydrogen) atoms. The van der Waals surface area contributed by atoms with Crippen LogP contribution in [-0.4, -0.2) is 218 Å². The summed E-state index contributed by atoms with van der Waals surface area (Å²) in [5.74, 6) is 2.62. The van der Waals surface area contributed by atoms with E-state index >= 15 is 0 Å². The Kier molecular flexibility index (Phi) is 20.6. The summed E-state index contributed by atoms with van der Waals surface area (Å²) in [7, 11) is 7.13. The molecule has 0 bridgehead atoms. The number of carbonyl (C=O) groups excluding carboxylic acids is 3. The summed E-state index contributed by atoms with van der Waals surface area (Å²) in [5, 5.41) is 5.61. The minimum atomic E-state index is -4.17. The summed E-state index contributed by atoms with van der Waals surface area (Å²) in [6.45, 7) is 2.95. The van der Waals surface area contributed by atoms with Crippen LogP contribution in [-0.2, 0) is 63.5 Å². The largest absolute Gasteiger partial charge is 0.493 e. The molecule has 2 fully saturated rings. The maximum absolute atomic E-state index is 14.2. The van der Waals surface area contributed by atoms with Crippen LogP contribution in [0.4, 0.5) is 0 Å². The number of likely N-dealkylation sites (N-methyl/N-ethyl adjacent to an activating group) is 3. The van der Waals surface area contributed by atoms with Crippen LogP contribution >= 0.6 is 0 Å². The Labute approximate surface area is 641 Å². The van der Waals surface area contributed by atoms with Gasteiger partial charge in [-0.1, -0.05) is 24.6 Å². The van der Waals surface area contributed by atoms with E-state index in [4.69, 9.17) is 90.4 Å². The first-order chi connectivity index (χ1) is 53.4. The molecule has 36 heteroatoms. The van der Waals surface area contributed by atoms with Crippen molar-refractivity contribution in [3.8, 4) is 86.2 Å². The average Bonchev–Trinajstić information content (AvgIpc) is 1.70. The molecule has 0 aromatic heterocycles. The fraction of sp³-hybridized carbons (Fsp3) is 0.480. The molecular weight excluding hydrogens is 1510 g/mol. The Morgan fingerprint density at radius 3 is 0.901 bits per heavy atom. The quantitative estimate of drug-likeness (QED) is 0.0693. The third-order valence-corrected chi connectivity index (χ3v) is 27.3. The predicted octanol–water partition coefficient (Wildman–Crippen LogP) is 7.25. The van der Waals surface area contributed by atoms with Crippen molar-refractivity contribution in [2.45, 2.75) is 102 Å². The molecule has 6 aromatic carbocycles. The summed E-state index contributed by atoms with van der Waals surface area (Å²) in [6.07, 6.45) is 3.19. The van der Waals surface area contributed by atoms with Gasteiger partial charge in [-0.3, -0.25) is 14.7 Å². The number of primary sulfonamides is 1. The molecule has 0 saturated carbocycles. The van der Waals surface area contributed by atoms with E-state index in [0.29, 0.717) is 172 Å². The lowest BCUT2D eigenvalue weighted by Gasteiger charge is -2.39. The number of piperidine rings is 1. The van der Waals surface area contributed by atoms with Gasteiger partial charge >= 0.3 is 17.9 Å². The molecule has 0 radical (unpaired) electrons. The minimum Gasteiger partial charge on any atom is -0.493 e. The number of fused-ring (bicyclic) bond motifs is 9. The van der Waals surface area contributed by atoms with Gasteiger partial charge in [0.05, 0.1) is 82.1 Å². The van der Waals surface area contributed by atoms with E-state index in [2.05, 4.69) is 0 Å². The smallest absolute Gasteiger partial charge is 0.343 e. The minimum absolute atomic E-state index is 0.0385. The Balaban J connectivity index is 0.000000132.